The lowest BCUT2D eigenvalue weighted by molar-refractivity contribution is -0.140. The Morgan fingerprint density at radius 3 is 2.89 bits per heavy atom. The molecule has 0 spiro atoms. The molecule has 9 heteroatoms. The van der Waals surface area contributed by atoms with Crippen LogP contribution in [0, 0.1) is 0 Å². The first-order valence-corrected chi connectivity index (χ1v) is 9.10. The first-order chi connectivity index (χ1) is 13.4. The summed E-state index contributed by atoms with van der Waals surface area (Å²) in [6.07, 6.45) is 2.52. The highest BCUT2D eigenvalue weighted by atomic mass is 35.5. The molecule has 146 valence electrons. The van der Waals surface area contributed by atoms with Gasteiger partial charge in [-0.2, -0.15) is 0 Å². The summed E-state index contributed by atoms with van der Waals surface area (Å²) in [7, 11) is 1.52. The van der Waals surface area contributed by atoms with Crippen LogP contribution in [0.5, 0.6) is 0 Å². The van der Waals surface area contributed by atoms with Gasteiger partial charge in [-0.3, -0.25) is 9.59 Å². The molecule has 1 fully saturated rings. The van der Waals surface area contributed by atoms with Crippen molar-refractivity contribution in [1.29, 1.82) is 0 Å². The third-order valence-electron chi connectivity index (χ3n) is 4.45. The summed E-state index contributed by atoms with van der Waals surface area (Å²) >= 11 is 6.25. The number of halogens is 1. The van der Waals surface area contributed by atoms with Crippen molar-refractivity contribution in [3.63, 3.8) is 0 Å². The number of hydrogen-bond donors (Lipinski definition) is 1. The van der Waals surface area contributed by atoms with Crippen LogP contribution in [0.1, 0.15) is 29.0 Å². The molecule has 0 saturated carbocycles. The van der Waals surface area contributed by atoms with Gasteiger partial charge in [-0.15, -0.1) is 0 Å². The van der Waals surface area contributed by atoms with Crippen LogP contribution >= 0.6 is 11.6 Å². The number of nitrogens with one attached hydrogen (secondary N) is 1. The quantitative estimate of drug-likeness (QED) is 0.621. The summed E-state index contributed by atoms with van der Waals surface area (Å²) in [5.74, 6) is -0.258. The number of morpholine rings is 1. The fourth-order valence-corrected chi connectivity index (χ4v) is 3.39. The van der Waals surface area contributed by atoms with Crippen LogP contribution in [0.3, 0.4) is 0 Å². The number of amides is 2. The van der Waals surface area contributed by atoms with E-state index in [0.29, 0.717) is 18.8 Å². The molecule has 2 aromatic heterocycles. The maximum atomic E-state index is 12.3. The fraction of sp³-hybridized carbons (Fsp3) is 0.316. The Morgan fingerprint density at radius 1 is 1.39 bits per heavy atom. The summed E-state index contributed by atoms with van der Waals surface area (Å²) in [6, 6.07) is 4.59. The Kier molecular flexibility index (Phi) is 6.01. The molecule has 1 aliphatic rings. The van der Waals surface area contributed by atoms with Crippen LogP contribution in [0.25, 0.3) is 11.5 Å². The van der Waals surface area contributed by atoms with E-state index in [1.54, 1.807) is 17.0 Å². The molecule has 0 aliphatic carbocycles. The van der Waals surface area contributed by atoms with Crippen molar-refractivity contribution < 1.29 is 14.3 Å². The minimum absolute atomic E-state index is 0.188. The number of hydrogen-bond acceptors (Lipinski definition) is 6. The number of carbonyl (C=O) groups is 2. The van der Waals surface area contributed by atoms with Crippen molar-refractivity contribution in [3.8, 4) is 11.5 Å². The van der Waals surface area contributed by atoms with Gasteiger partial charge in [0, 0.05) is 19.8 Å². The number of nitrogens with zero attached hydrogens (tertiary/aromatic N) is 4. The molecule has 8 nitrogen and oxygen atoms in total. The lowest BCUT2D eigenvalue weighted by Crippen LogP contribution is -2.46. The summed E-state index contributed by atoms with van der Waals surface area (Å²) in [5, 5.41) is 2.75. The Labute approximate surface area is 167 Å². The van der Waals surface area contributed by atoms with E-state index in [0.717, 1.165) is 5.56 Å². The van der Waals surface area contributed by atoms with E-state index in [2.05, 4.69) is 26.8 Å². The Hall–Kier alpha value is -2.84. The van der Waals surface area contributed by atoms with E-state index in [9.17, 15) is 9.59 Å². The average molecular weight is 402 g/mol. The number of rotatable bonds is 4. The Bertz CT molecular complexity index is 920. The Balaban J connectivity index is 2.05. The molecule has 2 atom stereocenters. The molecule has 0 unspecified atom stereocenters. The van der Waals surface area contributed by atoms with Gasteiger partial charge in [0.25, 0.3) is 5.91 Å². The number of aromatic nitrogens is 3. The molecule has 1 aliphatic heterocycles. The molecule has 2 aromatic rings. The number of carbonyl (C=O) groups excluding carboxylic acids is 2. The van der Waals surface area contributed by atoms with Gasteiger partial charge in [-0.25, -0.2) is 15.0 Å². The van der Waals surface area contributed by atoms with Crippen molar-refractivity contribution in [2.75, 3.05) is 20.2 Å². The van der Waals surface area contributed by atoms with Crippen LogP contribution in [0.4, 0.5) is 0 Å². The first kappa shape index (κ1) is 19.9. The smallest absolute Gasteiger partial charge is 0.269 e. The molecule has 3 rings (SSSR count). The van der Waals surface area contributed by atoms with Crippen LogP contribution in [-0.4, -0.2) is 58.0 Å². The van der Waals surface area contributed by atoms with E-state index in [1.165, 1.54) is 25.4 Å². The predicted molar refractivity (Wildman–Crippen MR) is 104 cm³/mol. The topological polar surface area (TPSA) is 97.3 Å². The van der Waals surface area contributed by atoms with Crippen molar-refractivity contribution in [2.45, 2.75) is 19.1 Å². The maximum Gasteiger partial charge on any atom is 0.269 e. The van der Waals surface area contributed by atoms with Gasteiger partial charge in [-0.05, 0) is 36.8 Å². The van der Waals surface area contributed by atoms with Crippen LogP contribution < -0.4 is 5.32 Å². The molecular formula is C19H20ClN5O3. The van der Waals surface area contributed by atoms with Gasteiger partial charge in [-0.1, -0.05) is 18.2 Å². The predicted octanol–water partition coefficient (Wildman–Crippen LogP) is 2.03. The van der Waals surface area contributed by atoms with Gasteiger partial charge in [0.15, 0.2) is 5.82 Å². The van der Waals surface area contributed by atoms with Crippen molar-refractivity contribution >= 4 is 23.4 Å². The first-order valence-electron chi connectivity index (χ1n) is 8.72. The van der Waals surface area contributed by atoms with E-state index in [-0.39, 0.29) is 40.6 Å². The Morgan fingerprint density at radius 2 is 2.18 bits per heavy atom. The van der Waals surface area contributed by atoms with Gasteiger partial charge >= 0.3 is 0 Å². The van der Waals surface area contributed by atoms with Crippen molar-refractivity contribution in [1.82, 2.24) is 25.2 Å². The third-order valence-corrected chi connectivity index (χ3v) is 4.65. The van der Waals surface area contributed by atoms with Gasteiger partial charge < -0.3 is 15.0 Å². The van der Waals surface area contributed by atoms with E-state index >= 15 is 0 Å². The zero-order valence-electron chi connectivity index (χ0n) is 15.6. The zero-order chi connectivity index (χ0) is 20.3. The summed E-state index contributed by atoms with van der Waals surface area (Å²) in [5.41, 5.74) is 1.36. The van der Waals surface area contributed by atoms with E-state index in [1.807, 2.05) is 6.92 Å². The maximum absolute atomic E-state index is 12.3. The van der Waals surface area contributed by atoms with Gasteiger partial charge in [0.05, 0.1) is 18.8 Å². The van der Waals surface area contributed by atoms with Crippen molar-refractivity contribution in [2.24, 2.45) is 0 Å². The second-order valence-electron chi connectivity index (χ2n) is 6.21. The van der Waals surface area contributed by atoms with Gasteiger partial charge in [0.1, 0.15) is 16.5 Å². The molecule has 3 heterocycles. The zero-order valence-corrected chi connectivity index (χ0v) is 16.3. The lowest BCUT2D eigenvalue weighted by atomic mass is 9.98. The molecular weight excluding hydrogens is 382 g/mol. The summed E-state index contributed by atoms with van der Waals surface area (Å²) in [4.78, 5) is 38.6. The lowest BCUT2D eigenvalue weighted by Gasteiger charge is -2.39. The molecule has 28 heavy (non-hydrogen) atoms. The second kappa shape index (κ2) is 8.45. The van der Waals surface area contributed by atoms with Crippen LogP contribution in [-0.2, 0) is 9.53 Å². The van der Waals surface area contributed by atoms with E-state index in [4.69, 9.17) is 16.3 Å². The minimum Gasteiger partial charge on any atom is -0.374 e. The molecule has 0 radical (unpaired) electrons. The van der Waals surface area contributed by atoms with E-state index < -0.39 is 0 Å². The highest BCUT2D eigenvalue weighted by Gasteiger charge is 2.33. The summed E-state index contributed by atoms with van der Waals surface area (Å²) in [6.45, 7) is 6.36. The SMILES string of the molecule is C=CC(=O)N1CCO[C@H](C)[C@@H]1c1cc(Cl)nc(-c2nccc(C(=O)NC)n2)c1. The highest BCUT2D eigenvalue weighted by molar-refractivity contribution is 6.29. The monoisotopic (exact) mass is 401 g/mol. The van der Waals surface area contributed by atoms with Crippen LogP contribution in [0.15, 0.2) is 37.1 Å². The molecule has 2 amide bonds. The molecule has 1 saturated heterocycles. The summed E-state index contributed by atoms with van der Waals surface area (Å²) < 4.78 is 5.74. The third kappa shape index (κ3) is 4.02. The number of pyridine rings is 1. The molecule has 0 aromatic carbocycles. The fourth-order valence-electron chi connectivity index (χ4n) is 3.17. The minimum atomic E-state index is -0.361. The highest BCUT2D eigenvalue weighted by Crippen LogP contribution is 2.32. The van der Waals surface area contributed by atoms with Crippen LogP contribution in [0.2, 0.25) is 5.15 Å². The second-order valence-corrected chi connectivity index (χ2v) is 6.60. The van der Waals surface area contributed by atoms with Gasteiger partial charge in [0.2, 0.25) is 5.91 Å². The normalized spacial score (nSPS) is 19.2. The van der Waals surface area contributed by atoms with Crippen molar-refractivity contribution in [3.05, 3.63) is 53.5 Å². The molecule has 0 bridgehead atoms. The largest absolute Gasteiger partial charge is 0.374 e. The molecule has 1 N–H and O–H groups in total. The number of ether oxygens (including phenoxy) is 1. The standard InChI is InChI=1S/C19H20ClN5O3/c1-4-16(26)25-7-8-28-11(2)17(25)12-9-14(23-15(20)10-12)18-22-6-5-13(24-18)19(27)21-3/h4-6,9-11,17H,1,7-8H2,2-3H3,(H,21,27)/t11-,17-/m1/s1. The average Bonchev–Trinajstić information content (AvgIpc) is 2.71.